The highest BCUT2D eigenvalue weighted by molar-refractivity contribution is 5.92. The van der Waals surface area contributed by atoms with Crippen molar-refractivity contribution in [1.29, 1.82) is 0 Å². The molecule has 0 aliphatic carbocycles. The number of nitrogens with zero attached hydrogens (tertiary/aromatic N) is 1. The molecular formula is C19H19N3O. The lowest BCUT2D eigenvalue weighted by molar-refractivity contribution is -0.115. The molecule has 0 radical (unpaired) electrons. The first-order valence-electron chi connectivity index (χ1n) is 7.58. The molecule has 0 saturated heterocycles. The number of para-hydroxylation sites is 1. The maximum Gasteiger partial charge on any atom is 0.230 e. The zero-order valence-electron chi connectivity index (χ0n) is 13.3. The largest absolute Gasteiger partial charge is 0.326 e. The molecule has 4 nitrogen and oxygen atoms in total. The maximum atomic E-state index is 12.1. The van der Waals surface area contributed by atoms with Crippen LogP contribution in [0.2, 0.25) is 0 Å². The SMILES string of the molecule is Cc1cc(C)cc(-c2cc(CC(=O)Nc3ccccc3)[nH]n2)c1. The van der Waals surface area contributed by atoms with Crippen LogP contribution >= 0.6 is 0 Å². The van der Waals surface area contributed by atoms with Gasteiger partial charge in [0.1, 0.15) is 0 Å². The maximum absolute atomic E-state index is 12.1. The fraction of sp³-hybridized carbons (Fsp3) is 0.158. The Bertz CT molecular complexity index is 801. The molecule has 0 aliphatic rings. The second kappa shape index (κ2) is 6.48. The topological polar surface area (TPSA) is 57.8 Å². The Balaban J connectivity index is 1.71. The summed E-state index contributed by atoms with van der Waals surface area (Å²) in [4.78, 5) is 12.1. The molecule has 0 atom stereocenters. The number of hydrogen-bond acceptors (Lipinski definition) is 2. The number of anilines is 1. The van der Waals surface area contributed by atoms with E-state index in [1.54, 1.807) is 0 Å². The molecule has 116 valence electrons. The molecule has 0 fully saturated rings. The molecule has 1 aromatic heterocycles. The van der Waals surface area contributed by atoms with Gasteiger partial charge < -0.3 is 5.32 Å². The predicted octanol–water partition coefficient (Wildman–Crippen LogP) is 3.87. The van der Waals surface area contributed by atoms with E-state index in [2.05, 4.69) is 47.6 Å². The van der Waals surface area contributed by atoms with E-state index in [-0.39, 0.29) is 12.3 Å². The molecule has 2 N–H and O–H groups in total. The average Bonchev–Trinajstić information content (AvgIpc) is 2.95. The summed E-state index contributed by atoms with van der Waals surface area (Å²) in [5.74, 6) is -0.0631. The van der Waals surface area contributed by atoms with Crippen molar-refractivity contribution < 1.29 is 4.79 Å². The monoisotopic (exact) mass is 305 g/mol. The number of H-pyrrole nitrogens is 1. The number of benzene rings is 2. The standard InChI is InChI=1S/C19H19N3O/c1-13-8-14(2)10-15(9-13)18-11-17(21-22-18)12-19(23)20-16-6-4-3-5-7-16/h3-11H,12H2,1-2H3,(H,20,23)(H,21,22). The van der Waals surface area contributed by atoms with E-state index in [0.717, 1.165) is 22.6 Å². The molecule has 1 amide bonds. The van der Waals surface area contributed by atoms with Crippen LogP contribution in [0.25, 0.3) is 11.3 Å². The van der Waals surface area contributed by atoms with Crippen molar-refractivity contribution in [3.63, 3.8) is 0 Å². The summed E-state index contributed by atoms with van der Waals surface area (Å²) >= 11 is 0. The number of aryl methyl sites for hydroxylation is 2. The molecule has 23 heavy (non-hydrogen) atoms. The minimum Gasteiger partial charge on any atom is -0.326 e. The first-order chi connectivity index (χ1) is 11.1. The normalized spacial score (nSPS) is 10.5. The van der Waals surface area contributed by atoms with Crippen LogP contribution in [-0.4, -0.2) is 16.1 Å². The molecule has 0 aliphatic heterocycles. The van der Waals surface area contributed by atoms with Gasteiger partial charge in [0.25, 0.3) is 0 Å². The lowest BCUT2D eigenvalue weighted by Crippen LogP contribution is -2.14. The molecule has 0 unspecified atom stereocenters. The second-order valence-electron chi connectivity index (χ2n) is 5.75. The van der Waals surface area contributed by atoms with E-state index in [9.17, 15) is 4.79 Å². The Hall–Kier alpha value is -2.88. The highest BCUT2D eigenvalue weighted by Gasteiger charge is 2.09. The van der Waals surface area contributed by atoms with Gasteiger partial charge >= 0.3 is 0 Å². The first-order valence-corrected chi connectivity index (χ1v) is 7.58. The fourth-order valence-electron chi connectivity index (χ4n) is 2.62. The lowest BCUT2D eigenvalue weighted by Gasteiger charge is -2.03. The Morgan fingerprint density at radius 1 is 1.04 bits per heavy atom. The van der Waals surface area contributed by atoms with Crippen LogP contribution in [0.3, 0.4) is 0 Å². The van der Waals surface area contributed by atoms with Gasteiger partial charge in [0.2, 0.25) is 5.91 Å². The number of nitrogens with one attached hydrogen (secondary N) is 2. The number of carbonyl (C=O) groups excluding carboxylic acids is 1. The minimum atomic E-state index is -0.0631. The van der Waals surface area contributed by atoms with E-state index in [1.807, 2.05) is 36.4 Å². The third-order valence-corrected chi connectivity index (χ3v) is 3.56. The van der Waals surface area contributed by atoms with Crippen LogP contribution in [0, 0.1) is 13.8 Å². The summed E-state index contributed by atoms with van der Waals surface area (Å²) in [6.45, 7) is 4.13. The quantitative estimate of drug-likeness (QED) is 0.768. The number of amides is 1. The van der Waals surface area contributed by atoms with Crippen molar-refractivity contribution in [2.45, 2.75) is 20.3 Å². The summed E-state index contributed by atoms with van der Waals surface area (Å²) in [7, 11) is 0. The lowest BCUT2D eigenvalue weighted by atomic mass is 10.0. The van der Waals surface area contributed by atoms with E-state index in [0.29, 0.717) is 0 Å². The zero-order valence-corrected chi connectivity index (χ0v) is 13.3. The smallest absolute Gasteiger partial charge is 0.230 e. The zero-order chi connectivity index (χ0) is 16.2. The second-order valence-corrected chi connectivity index (χ2v) is 5.75. The highest BCUT2D eigenvalue weighted by Crippen LogP contribution is 2.21. The van der Waals surface area contributed by atoms with Gasteiger partial charge in [-0.05, 0) is 44.2 Å². The van der Waals surface area contributed by atoms with E-state index in [4.69, 9.17) is 0 Å². The molecule has 3 aromatic rings. The minimum absolute atomic E-state index is 0.0631. The van der Waals surface area contributed by atoms with Crippen LogP contribution in [0.15, 0.2) is 54.6 Å². The van der Waals surface area contributed by atoms with Crippen LogP contribution in [0.5, 0.6) is 0 Å². The molecule has 1 heterocycles. The van der Waals surface area contributed by atoms with Crippen molar-refractivity contribution in [2.75, 3.05) is 5.32 Å². The highest BCUT2D eigenvalue weighted by atomic mass is 16.1. The third-order valence-electron chi connectivity index (χ3n) is 3.56. The van der Waals surface area contributed by atoms with Crippen molar-refractivity contribution in [1.82, 2.24) is 10.2 Å². The average molecular weight is 305 g/mol. The summed E-state index contributed by atoms with van der Waals surface area (Å²) in [6.07, 6.45) is 0.271. The Morgan fingerprint density at radius 2 is 1.74 bits per heavy atom. The Labute approximate surface area is 135 Å². The first kappa shape index (κ1) is 15.0. The molecule has 0 spiro atoms. The van der Waals surface area contributed by atoms with Crippen molar-refractivity contribution in [3.05, 3.63) is 71.4 Å². The van der Waals surface area contributed by atoms with Gasteiger partial charge in [0.05, 0.1) is 12.1 Å². The number of aromatic nitrogens is 2. The van der Waals surface area contributed by atoms with Gasteiger partial charge in [-0.1, -0.05) is 35.4 Å². The van der Waals surface area contributed by atoms with E-state index < -0.39 is 0 Å². The van der Waals surface area contributed by atoms with Gasteiger partial charge in [-0.15, -0.1) is 0 Å². The predicted molar refractivity (Wildman–Crippen MR) is 92.3 cm³/mol. The fourth-order valence-corrected chi connectivity index (χ4v) is 2.62. The molecule has 4 heteroatoms. The molecule has 2 aromatic carbocycles. The summed E-state index contributed by atoms with van der Waals surface area (Å²) < 4.78 is 0. The van der Waals surface area contributed by atoms with Crippen molar-refractivity contribution in [3.8, 4) is 11.3 Å². The van der Waals surface area contributed by atoms with E-state index in [1.165, 1.54) is 11.1 Å². The molecule has 0 saturated carbocycles. The number of aromatic amines is 1. The molecular weight excluding hydrogens is 286 g/mol. The summed E-state index contributed by atoms with van der Waals surface area (Å²) in [6, 6.07) is 17.7. The molecule has 0 bridgehead atoms. The van der Waals surface area contributed by atoms with Gasteiger partial charge in [0.15, 0.2) is 0 Å². The third kappa shape index (κ3) is 3.86. The number of rotatable bonds is 4. The van der Waals surface area contributed by atoms with Crippen LogP contribution in [0.1, 0.15) is 16.8 Å². The number of hydrogen-bond donors (Lipinski definition) is 2. The van der Waals surface area contributed by atoms with Gasteiger partial charge in [0, 0.05) is 16.9 Å². The van der Waals surface area contributed by atoms with Crippen LogP contribution in [-0.2, 0) is 11.2 Å². The Morgan fingerprint density at radius 3 is 2.43 bits per heavy atom. The summed E-state index contributed by atoms with van der Waals surface area (Å²) in [5, 5.41) is 10.1. The van der Waals surface area contributed by atoms with Gasteiger partial charge in [-0.3, -0.25) is 9.89 Å². The summed E-state index contributed by atoms with van der Waals surface area (Å²) in [5.41, 5.74) is 5.92. The molecule has 3 rings (SSSR count). The van der Waals surface area contributed by atoms with Crippen LogP contribution in [0.4, 0.5) is 5.69 Å². The Kier molecular flexibility index (Phi) is 4.24. The van der Waals surface area contributed by atoms with E-state index >= 15 is 0 Å². The van der Waals surface area contributed by atoms with Gasteiger partial charge in [-0.25, -0.2) is 0 Å². The van der Waals surface area contributed by atoms with Gasteiger partial charge in [-0.2, -0.15) is 5.10 Å². The van der Waals surface area contributed by atoms with Crippen molar-refractivity contribution in [2.24, 2.45) is 0 Å². The number of carbonyl (C=O) groups is 1. The van der Waals surface area contributed by atoms with Crippen molar-refractivity contribution >= 4 is 11.6 Å². The van der Waals surface area contributed by atoms with Crippen LogP contribution < -0.4 is 5.32 Å².